The van der Waals surface area contributed by atoms with E-state index < -0.39 is 0 Å². The topological polar surface area (TPSA) is 80.1 Å². The fraction of sp³-hybridized carbons (Fsp3) is 0.333. The van der Waals surface area contributed by atoms with Crippen molar-refractivity contribution in [3.63, 3.8) is 0 Å². The summed E-state index contributed by atoms with van der Waals surface area (Å²) < 4.78 is 1.98. The molecule has 0 saturated carbocycles. The fourth-order valence-electron chi connectivity index (χ4n) is 2.57. The smallest absolute Gasteiger partial charge is 0.253 e. The van der Waals surface area contributed by atoms with E-state index in [0.29, 0.717) is 23.8 Å². The number of carbonyl (C=O) groups excluding carboxylic acids is 2. The van der Waals surface area contributed by atoms with E-state index in [9.17, 15) is 9.59 Å². The Labute approximate surface area is 128 Å². The first-order valence-corrected chi connectivity index (χ1v) is 7.03. The number of rotatable bonds is 2. The Morgan fingerprint density at radius 2 is 2.23 bits per heavy atom. The molecule has 1 aliphatic rings. The van der Waals surface area contributed by atoms with Crippen LogP contribution in [0.15, 0.2) is 18.3 Å². The minimum Gasteiger partial charge on any atom is -0.352 e. The number of fused-ring (bicyclic) bond motifs is 1. The van der Waals surface area contributed by atoms with Gasteiger partial charge in [-0.15, -0.1) is 0 Å². The third kappa shape index (κ3) is 2.24. The predicted octanol–water partition coefficient (Wildman–Crippen LogP) is 0.751. The summed E-state index contributed by atoms with van der Waals surface area (Å²) in [6.45, 7) is 2.10. The number of anilines is 1. The molecule has 22 heavy (non-hydrogen) atoms. The lowest BCUT2D eigenvalue weighted by Gasteiger charge is -2.15. The zero-order chi connectivity index (χ0) is 15.9. The Morgan fingerprint density at radius 1 is 1.45 bits per heavy atom. The lowest BCUT2D eigenvalue weighted by molar-refractivity contribution is -0.116. The van der Waals surface area contributed by atoms with Gasteiger partial charge in [-0.1, -0.05) is 0 Å². The van der Waals surface area contributed by atoms with Crippen LogP contribution in [0.2, 0.25) is 0 Å². The summed E-state index contributed by atoms with van der Waals surface area (Å²) in [5.41, 5.74) is 3.20. The lowest BCUT2D eigenvalue weighted by Crippen LogP contribution is -2.31. The fourth-order valence-corrected chi connectivity index (χ4v) is 2.57. The van der Waals surface area contributed by atoms with Crippen molar-refractivity contribution in [3.8, 4) is 11.4 Å². The summed E-state index contributed by atoms with van der Waals surface area (Å²) in [6, 6.07) is 3.61. The van der Waals surface area contributed by atoms with E-state index in [1.165, 1.54) is 11.8 Å². The van der Waals surface area contributed by atoms with E-state index in [1.54, 1.807) is 19.3 Å². The lowest BCUT2D eigenvalue weighted by atomic mass is 10.1. The van der Waals surface area contributed by atoms with E-state index in [2.05, 4.69) is 15.3 Å². The molecule has 0 fully saturated rings. The number of carbonyl (C=O) groups is 2. The number of aromatic nitrogens is 3. The van der Waals surface area contributed by atoms with Crippen LogP contribution in [-0.2, 0) is 18.3 Å². The van der Waals surface area contributed by atoms with Gasteiger partial charge >= 0.3 is 0 Å². The molecule has 3 rings (SSSR count). The van der Waals surface area contributed by atoms with Crippen LogP contribution in [0.3, 0.4) is 0 Å². The van der Waals surface area contributed by atoms with Crippen molar-refractivity contribution in [3.05, 3.63) is 29.6 Å². The molecular formula is C15H17N5O2. The maximum absolute atomic E-state index is 11.9. The van der Waals surface area contributed by atoms with Gasteiger partial charge in [0.25, 0.3) is 5.91 Å². The Bertz CT molecular complexity index is 765. The van der Waals surface area contributed by atoms with Crippen LogP contribution in [-0.4, -0.2) is 39.9 Å². The van der Waals surface area contributed by atoms with Crippen LogP contribution in [0.25, 0.3) is 11.4 Å². The molecular weight excluding hydrogens is 282 g/mol. The van der Waals surface area contributed by atoms with E-state index in [4.69, 9.17) is 0 Å². The highest BCUT2D eigenvalue weighted by Gasteiger charge is 2.23. The predicted molar refractivity (Wildman–Crippen MR) is 81.6 cm³/mol. The minimum atomic E-state index is -0.136. The normalized spacial score (nSPS) is 13.5. The van der Waals surface area contributed by atoms with E-state index in [-0.39, 0.29) is 11.8 Å². The van der Waals surface area contributed by atoms with Gasteiger partial charge in [0.2, 0.25) is 11.9 Å². The van der Waals surface area contributed by atoms with Crippen LogP contribution >= 0.6 is 0 Å². The minimum absolute atomic E-state index is 0.0572. The molecule has 0 bridgehead atoms. The van der Waals surface area contributed by atoms with Crippen LogP contribution in [0, 0.1) is 0 Å². The average molecular weight is 299 g/mol. The molecule has 2 amide bonds. The van der Waals surface area contributed by atoms with Crippen molar-refractivity contribution in [1.82, 2.24) is 19.9 Å². The van der Waals surface area contributed by atoms with Gasteiger partial charge in [0.1, 0.15) is 0 Å². The molecule has 3 heterocycles. The molecule has 0 aliphatic carbocycles. The maximum Gasteiger partial charge on any atom is 0.253 e. The van der Waals surface area contributed by atoms with Gasteiger partial charge in [-0.25, -0.2) is 9.97 Å². The number of amides is 2. The molecule has 0 spiro atoms. The van der Waals surface area contributed by atoms with Crippen LogP contribution in [0.1, 0.15) is 23.0 Å². The molecule has 0 aromatic carbocycles. The molecule has 2 aromatic rings. The summed E-state index contributed by atoms with van der Waals surface area (Å²) in [6.07, 6.45) is 2.41. The van der Waals surface area contributed by atoms with Gasteiger partial charge in [0.05, 0.1) is 17.0 Å². The molecule has 0 atom stereocenters. The van der Waals surface area contributed by atoms with Crippen LogP contribution in [0.4, 0.5) is 5.95 Å². The molecule has 1 N–H and O–H groups in total. The molecule has 1 aliphatic heterocycles. The number of nitrogens with one attached hydrogen (secondary N) is 1. The molecule has 114 valence electrons. The molecule has 0 saturated heterocycles. The van der Waals surface area contributed by atoms with E-state index in [0.717, 1.165) is 17.8 Å². The van der Waals surface area contributed by atoms with Crippen LogP contribution in [0.5, 0.6) is 0 Å². The third-order valence-corrected chi connectivity index (χ3v) is 3.93. The summed E-state index contributed by atoms with van der Waals surface area (Å²) in [5, 5.41) is 2.84. The van der Waals surface area contributed by atoms with Gasteiger partial charge in [0.15, 0.2) is 0 Å². The van der Waals surface area contributed by atoms with Gasteiger partial charge < -0.3 is 9.88 Å². The second kappa shape index (κ2) is 5.25. The summed E-state index contributed by atoms with van der Waals surface area (Å²) in [5.74, 6) is 0.148. The first-order chi connectivity index (χ1) is 10.5. The van der Waals surface area contributed by atoms with Gasteiger partial charge in [-0.2, -0.15) is 0 Å². The van der Waals surface area contributed by atoms with Crippen molar-refractivity contribution >= 4 is 17.8 Å². The van der Waals surface area contributed by atoms with Gasteiger partial charge in [0, 0.05) is 45.9 Å². The number of nitrogens with zero attached hydrogens (tertiary/aromatic N) is 4. The summed E-state index contributed by atoms with van der Waals surface area (Å²) >= 11 is 0. The van der Waals surface area contributed by atoms with Crippen molar-refractivity contribution in [2.75, 3.05) is 18.5 Å². The second-order valence-corrected chi connectivity index (χ2v) is 5.27. The molecule has 7 heteroatoms. The molecule has 2 aromatic heterocycles. The first kappa shape index (κ1) is 14.2. The van der Waals surface area contributed by atoms with Crippen LogP contribution < -0.4 is 10.2 Å². The van der Waals surface area contributed by atoms with Gasteiger partial charge in [-0.05, 0) is 12.1 Å². The molecule has 0 radical (unpaired) electrons. The second-order valence-electron chi connectivity index (χ2n) is 5.27. The monoisotopic (exact) mass is 299 g/mol. The Kier molecular flexibility index (Phi) is 3.40. The highest BCUT2D eigenvalue weighted by Crippen LogP contribution is 2.26. The largest absolute Gasteiger partial charge is 0.352 e. The Balaban J connectivity index is 2.07. The standard InChI is InChI=1S/C15H17N5O2/c1-9(21)19(2)15-17-6-4-11(18-15)13-8-10-12(20(13)3)5-7-16-14(10)22/h4,6,8H,5,7H2,1-3H3,(H,16,22). The average Bonchev–Trinajstić information content (AvgIpc) is 2.85. The number of hydrogen-bond donors (Lipinski definition) is 1. The van der Waals surface area contributed by atoms with Gasteiger partial charge in [-0.3, -0.25) is 14.5 Å². The van der Waals surface area contributed by atoms with Crippen molar-refractivity contribution < 1.29 is 9.59 Å². The van der Waals surface area contributed by atoms with E-state index >= 15 is 0 Å². The van der Waals surface area contributed by atoms with E-state index in [1.807, 2.05) is 17.7 Å². The quantitative estimate of drug-likeness (QED) is 0.887. The SMILES string of the molecule is CC(=O)N(C)c1nccc(-c2cc3c(n2C)CCNC3=O)n1. The maximum atomic E-state index is 11.9. The Morgan fingerprint density at radius 3 is 2.91 bits per heavy atom. The van der Waals surface area contributed by atoms with Crippen molar-refractivity contribution in [1.29, 1.82) is 0 Å². The first-order valence-electron chi connectivity index (χ1n) is 7.03. The van der Waals surface area contributed by atoms with Crippen molar-refractivity contribution in [2.45, 2.75) is 13.3 Å². The zero-order valence-corrected chi connectivity index (χ0v) is 12.8. The molecule has 0 unspecified atom stereocenters. The number of hydrogen-bond acceptors (Lipinski definition) is 4. The highest BCUT2D eigenvalue weighted by atomic mass is 16.2. The third-order valence-electron chi connectivity index (χ3n) is 3.93. The summed E-state index contributed by atoms with van der Waals surface area (Å²) in [4.78, 5) is 33.3. The Hall–Kier alpha value is -2.70. The summed E-state index contributed by atoms with van der Waals surface area (Å²) in [7, 11) is 3.55. The van der Waals surface area contributed by atoms with Crippen molar-refractivity contribution in [2.24, 2.45) is 7.05 Å². The zero-order valence-electron chi connectivity index (χ0n) is 12.8. The molecule has 7 nitrogen and oxygen atoms in total. The highest BCUT2D eigenvalue weighted by molar-refractivity contribution is 5.98.